The topological polar surface area (TPSA) is 27.1 Å². The van der Waals surface area contributed by atoms with Crippen molar-refractivity contribution in [3.05, 3.63) is 35.5 Å². The Bertz CT molecular complexity index is 479. The summed E-state index contributed by atoms with van der Waals surface area (Å²) in [6.45, 7) is 0. The van der Waals surface area contributed by atoms with E-state index in [0.717, 1.165) is 17.0 Å². The van der Waals surface area contributed by atoms with E-state index in [-0.39, 0.29) is 0 Å². The zero-order valence-corrected chi connectivity index (χ0v) is 9.32. The second kappa shape index (κ2) is 3.95. The van der Waals surface area contributed by atoms with Crippen molar-refractivity contribution >= 4 is 11.6 Å². The van der Waals surface area contributed by atoms with E-state index in [1.807, 2.05) is 37.4 Å². The normalized spacial score (nSPS) is 10.3. The molecule has 0 radical (unpaired) electrons. The standard InChI is InChI=1S/C11H11ClN2O/c1-14-9(7-11(12)13-14)8-5-3-4-6-10(8)15-2/h3-7H,1-2H3. The molecule has 0 aliphatic heterocycles. The van der Waals surface area contributed by atoms with Crippen LogP contribution in [0, 0.1) is 0 Å². The SMILES string of the molecule is COc1ccccc1-c1cc(Cl)nn1C. The summed E-state index contributed by atoms with van der Waals surface area (Å²) >= 11 is 5.84. The summed E-state index contributed by atoms with van der Waals surface area (Å²) in [6, 6.07) is 9.60. The lowest BCUT2D eigenvalue weighted by molar-refractivity contribution is 0.416. The van der Waals surface area contributed by atoms with Gasteiger partial charge in [-0.05, 0) is 12.1 Å². The number of aryl methyl sites for hydroxylation is 1. The molecule has 78 valence electrons. The maximum absolute atomic E-state index is 5.84. The Labute approximate surface area is 93.2 Å². The molecule has 0 unspecified atom stereocenters. The molecule has 0 atom stereocenters. The van der Waals surface area contributed by atoms with Gasteiger partial charge in [-0.1, -0.05) is 23.7 Å². The number of aromatic nitrogens is 2. The lowest BCUT2D eigenvalue weighted by Crippen LogP contribution is -1.95. The van der Waals surface area contributed by atoms with Gasteiger partial charge in [0, 0.05) is 18.7 Å². The second-order valence-corrected chi connectivity index (χ2v) is 3.56. The van der Waals surface area contributed by atoms with Gasteiger partial charge in [0.15, 0.2) is 5.15 Å². The summed E-state index contributed by atoms with van der Waals surface area (Å²) in [7, 11) is 3.50. The van der Waals surface area contributed by atoms with Crippen LogP contribution in [0.2, 0.25) is 5.15 Å². The Hall–Kier alpha value is -1.48. The van der Waals surface area contributed by atoms with Gasteiger partial charge in [-0.15, -0.1) is 0 Å². The van der Waals surface area contributed by atoms with Crippen molar-refractivity contribution in [2.75, 3.05) is 7.11 Å². The summed E-state index contributed by atoms with van der Waals surface area (Å²) < 4.78 is 7.02. The predicted molar refractivity (Wildman–Crippen MR) is 60.2 cm³/mol. The predicted octanol–water partition coefficient (Wildman–Crippen LogP) is 2.75. The van der Waals surface area contributed by atoms with E-state index in [9.17, 15) is 0 Å². The van der Waals surface area contributed by atoms with Crippen LogP contribution in [0.25, 0.3) is 11.3 Å². The molecular formula is C11H11ClN2O. The summed E-state index contributed by atoms with van der Waals surface area (Å²) in [5.41, 5.74) is 1.93. The number of benzene rings is 1. The lowest BCUT2D eigenvalue weighted by atomic mass is 10.1. The summed E-state index contributed by atoms with van der Waals surface area (Å²) in [6.07, 6.45) is 0. The van der Waals surface area contributed by atoms with Crippen LogP contribution in [-0.2, 0) is 7.05 Å². The zero-order chi connectivity index (χ0) is 10.8. The maximum atomic E-state index is 5.84. The Balaban J connectivity index is 2.58. The molecule has 0 amide bonds. The summed E-state index contributed by atoms with van der Waals surface area (Å²) in [5.74, 6) is 0.817. The minimum atomic E-state index is 0.485. The third-order valence-corrected chi connectivity index (χ3v) is 2.42. The van der Waals surface area contributed by atoms with Gasteiger partial charge in [-0.25, -0.2) is 0 Å². The highest BCUT2D eigenvalue weighted by Crippen LogP contribution is 2.30. The van der Waals surface area contributed by atoms with E-state index in [1.165, 1.54) is 0 Å². The van der Waals surface area contributed by atoms with Crippen LogP contribution in [0.4, 0.5) is 0 Å². The van der Waals surface area contributed by atoms with E-state index in [1.54, 1.807) is 11.8 Å². The van der Waals surface area contributed by atoms with Gasteiger partial charge in [0.2, 0.25) is 0 Å². The average Bonchev–Trinajstić information content (AvgIpc) is 2.57. The molecule has 0 aliphatic rings. The molecule has 0 saturated carbocycles. The Morgan fingerprint density at radius 3 is 2.67 bits per heavy atom. The summed E-state index contributed by atoms with van der Waals surface area (Å²) in [4.78, 5) is 0. The van der Waals surface area contributed by atoms with Crippen LogP contribution in [0.5, 0.6) is 5.75 Å². The molecule has 15 heavy (non-hydrogen) atoms. The fourth-order valence-corrected chi connectivity index (χ4v) is 1.76. The lowest BCUT2D eigenvalue weighted by Gasteiger charge is -2.07. The Kier molecular flexibility index (Phi) is 2.64. The molecule has 1 aromatic heterocycles. The molecule has 2 rings (SSSR count). The van der Waals surface area contributed by atoms with Crippen molar-refractivity contribution in [1.29, 1.82) is 0 Å². The zero-order valence-electron chi connectivity index (χ0n) is 8.57. The van der Waals surface area contributed by atoms with Gasteiger partial charge in [0.25, 0.3) is 0 Å². The van der Waals surface area contributed by atoms with Gasteiger partial charge in [-0.2, -0.15) is 5.10 Å². The fraction of sp³-hybridized carbons (Fsp3) is 0.182. The first-order chi connectivity index (χ1) is 7.22. The minimum Gasteiger partial charge on any atom is -0.496 e. The van der Waals surface area contributed by atoms with Crippen LogP contribution < -0.4 is 4.74 Å². The molecule has 4 heteroatoms. The molecule has 1 heterocycles. The number of hydrogen-bond acceptors (Lipinski definition) is 2. The largest absolute Gasteiger partial charge is 0.496 e. The highest BCUT2D eigenvalue weighted by Gasteiger charge is 2.10. The average molecular weight is 223 g/mol. The molecule has 1 aromatic carbocycles. The van der Waals surface area contributed by atoms with Gasteiger partial charge in [0.05, 0.1) is 12.8 Å². The van der Waals surface area contributed by atoms with E-state index in [4.69, 9.17) is 16.3 Å². The Morgan fingerprint density at radius 2 is 2.07 bits per heavy atom. The van der Waals surface area contributed by atoms with Gasteiger partial charge in [0.1, 0.15) is 5.75 Å². The molecule has 0 aliphatic carbocycles. The van der Waals surface area contributed by atoms with Crippen molar-refractivity contribution in [3.63, 3.8) is 0 Å². The number of para-hydroxylation sites is 1. The third-order valence-electron chi connectivity index (χ3n) is 2.23. The van der Waals surface area contributed by atoms with Crippen LogP contribution in [0.1, 0.15) is 0 Å². The first-order valence-corrected chi connectivity index (χ1v) is 4.93. The van der Waals surface area contributed by atoms with Gasteiger partial charge in [-0.3, -0.25) is 4.68 Å². The number of ether oxygens (including phenoxy) is 1. The van der Waals surface area contributed by atoms with E-state index in [2.05, 4.69) is 5.10 Å². The molecule has 0 N–H and O–H groups in total. The highest BCUT2D eigenvalue weighted by molar-refractivity contribution is 6.29. The molecule has 3 nitrogen and oxygen atoms in total. The Morgan fingerprint density at radius 1 is 1.33 bits per heavy atom. The van der Waals surface area contributed by atoms with E-state index < -0.39 is 0 Å². The number of methoxy groups -OCH3 is 1. The molecule has 0 bridgehead atoms. The summed E-state index contributed by atoms with van der Waals surface area (Å²) in [5, 5.41) is 4.57. The number of halogens is 1. The van der Waals surface area contributed by atoms with Gasteiger partial charge >= 0.3 is 0 Å². The maximum Gasteiger partial charge on any atom is 0.151 e. The molecule has 0 spiro atoms. The van der Waals surface area contributed by atoms with Gasteiger partial charge < -0.3 is 4.74 Å². The highest BCUT2D eigenvalue weighted by atomic mass is 35.5. The smallest absolute Gasteiger partial charge is 0.151 e. The number of nitrogens with zero attached hydrogens (tertiary/aromatic N) is 2. The van der Waals surface area contributed by atoms with Crippen LogP contribution in [-0.4, -0.2) is 16.9 Å². The van der Waals surface area contributed by atoms with E-state index in [0.29, 0.717) is 5.15 Å². The second-order valence-electron chi connectivity index (χ2n) is 3.18. The van der Waals surface area contributed by atoms with Crippen molar-refractivity contribution < 1.29 is 4.74 Å². The first-order valence-electron chi connectivity index (χ1n) is 4.55. The van der Waals surface area contributed by atoms with Crippen molar-refractivity contribution in [3.8, 4) is 17.0 Å². The van der Waals surface area contributed by atoms with Crippen LogP contribution in [0.15, 0.2) is 30.3 Å². The van der Waals surface area contributed by atoms with Crippen molar-refractivity contribution in [2.24, 2.45) is 7.05 Å². The van der Waals surface area contributed by atoms with Crippen molar-refractivity contribution in [1.82, 2.24) is 9.78 Å². The third kappa shape index (κ3) is 1.83. The quantitative estimate of drug-likeness (QED) is 0.781. The first kappa shape index (κ1) is 10.1. The van der Waals surface area contributed by atoms with Crippen LogP contribution in [0.3, 0.4) is 0 Å². The molecule has 0 saturated heterocycles. The fourth-order valence-electron chi connectivity index (χ4n) is 1.54. The molecular weight excluding hydrogens is 212 g/mol. The van der Waals surface area contributed by atoms with Crippen LogP contribution >= 0.6 is 11.6 Å². The number of hydrogen-bond donors (Lipinski definition) is 0. The van der Waals surface area contributed by atoms with E-state index >= 15 is 0 Å². The molecule has 2 aromatic rings. The van der Waals surface area contributed by atoms with Crippen molar-refractivity contribution in [2.45, 2.75) is 0 Å². The molecule has 0 fully saturated rings. The minimum absolute atomic E-state index is 0.485. The number of rotatable bonds is 2. The monoisotopic (exact) mass is 222 g/mol.